The van der Waals surface area contributed by atoms with Crippen LogP contribution in [0.1, 0.15) is 11.8 Å². The summed E-state index contributed by atoms with van der Waals surface area (Å²) in [5.74, 6) is -0.0863. The maximum atomic E-state index is 10.8. The predicted molar refractivity (Wildman–Crippen MR) is 44.9 cm³/mol. The molecule has 0 aliphatic carbocycles. The van der Waals surface area contributed by atoms with E-state index in [9.17, 15) is 4.79 Å². The van der Waals surface area contributed by atoms with Crippen LogP contribution in [0.15, 0.2) is 22.8 Å². The third-order valence-corrected chi connectivity index (χ3v) is 1.30. The van der Waals surface area contributed by atoms with Gasteiger partial charge in [-0.3, -0.25) is 0 Å². The van der Waals surface area contributed by atoms with Crippen LogP contribution in [-0.2, 0) is 9.53 Å². The number of carbonyl (C=O) groups excluding carboxylic acids is 1. The van der Waals surface area contributed by atoms with Crippen LogP contribution in [0.2, 0.25) is 0 Å². The summed E-state index contributed by atoms with van der Waals surface area (Å²) in [5.41, 5.74) is 5.43. The minimum Gasteiger partial charge on any atom is -0.468 e. The lowest BCUT2D eigenvalue weighted by Gasteiger charge is -2.04. The summed E-state index contributed by atoms with van der Waals surface area (Å²) in [6.07, 6.45) is 1.46. The molecule has 0 amide bonds. The average Bonchev–Trinajstić information content (AvgIpc) is 2.53. The van der Waals surface area contributed by atoms with E-state index >= 15 is 0 Å². The number of nitrogens with two attached hydrogens (primary N) is 1. The van der Waals surface area contributed by atoms with Gasteiger partial charge in [0.15, 0.2) is 6.04 Å². The lowest BCUT2D eigenvalue weighted by atomic mass is 10.2. The van der Waals surface area contributed by atoms with Gasteiger partial charge in [0.1, 0.15) is 5.76 Å². The Morgan fingerprint density at radius 1 is 1.75 bits per heavy atom. The van der Waals surface area contributed by atoms with Crippen molar-refractivity contribution in [1.29, 1.82) is 0 Å². The number of hydrogen-bond donors (Lipinski definition) is 1. The number of esters is 1. The number of rotatable bonds is 2. The molecule has 0 aromatic carbocycles. The van der Waals surface area contributed by atoms with Crippen LogP contribution in [0.3, 0.4) is 0 Å². The highest BCUT2D eigenvalue weighted by atomic mass is 35.5. The minimum atomic E-state index is -0.810. The molecule has 1 rings (SSSR count). The number of ether oxygens (including phenoxy) is 1. The molecular formula is C7H10ClNO3. The van der Waals surface area contributed by atoms with E-state index in [4.69, 9.17) is 10.2 Å². The summed E-state index contributed by atoms with van der Waals surface area (Å²) >= 11 is 0. The van der Waals surface area contributed by atoms with Crippen molar-refractivity contribution in [1.82, 2.24) is 0 Å². The number of methoxy groups -OCH3 is 1. The number of halogens is 1. The minimum absolute atomic E-state index is 0. The summed E-state index contributed by atoms with van der Waals surface area (Å²) in [5, 5.41) is 0. The summed E-state index contributed by atoms with van der Waals surface area (Å²) in [4.78, 5) is 10.8. The van der Waals surface area contributed by atoms with E-state index < -0.39 is 12.0 Å². The quantitative estimate of drug-likeness (QED) is 0.705. The Labute approximate surface area is 76.1 Å². The first-order valence-electron chi connectivity index (χ1n) is 3.12. The van der Waals surface area contributed by atoms with Crippen molar-refractivity contribution >= 4 is 18.4 Å². The van der Waals surface area contributed by atoms with Crippen LogP contribution >= 0.6 is 12.4 Å². The maximum Gasteiger partial charge on any atom is 0.330 e. The highest BCUT2D eigenvalue weighted by molar-refractivity contribution is 5.85. The van der Waals surface area contributed by atoms with Gasteiger partial charge in [-0.05, 0) is 12.1 Å². The van der Waals surface area contributed by atoms with E-state index in [1.54, 1.807) is 12.1 Å². The Morgan fingerprint density at radius 3 is 2.83 bits per heavy atom. The van der Waals surface area contributed by atoms with Crippen molar-refractivity contribution in [2.24, 2.45) is 5.73 Å². The molecule has 0 saturated carbocycles. The molecule has 0 bridgehead atoms. The van der Waals surface area contributed by atoms with Gasteiger partial charge in [0.2, 0.25) is 0 Å². The summed E-state index contributed by atoms with van der Waals surface area (Å²) in [7, 11) is 1.28. The normalized spacial score (nSPS) is 11.5. The third-order valence-electron chi connectivity index (χ3n) is 1.30. The van der Waals surface area contributed by atoms with Crippen molar-refractivity contribution in [3.8, 4) is 0 Å². The van der Waals surface area contributed by atoms with Gasteiger partial charge in [0.05, 0.1) is 13.4 Å². The van der Waals surface area contributed by atoms with E-state index in [1.807, 2.05) is 0 Å². The zero-order valence-corrected chi connectivity index (χ0v) is 7.34. The molecule has 0 aliphatic rings. The molecular weight excluding hydrogens is 182 g/mol. The molecule has 2 N–H and O–H groups in total. The fraction of sp³-hybridized carbons (Fsp3) is 0.286. The fourth-order valence-corrected chi connectivity index (χ4v) is 0.711. The van der Waals surface area contributed by atoms with E-state index in [1.165, 1.54) is 13.4 Å². The lowest BCUT2D eigenvalue weighted by molar-refractivity contribution is -0.142. The van der Waals surface area contributed by atoms with Gasteiger partial charge in [-0.25, -0.2) is 4.79 Å². The van der Waals surface area contributed by atoms with Crippen molar-refractivity contribution in [3.05, 3.63) is 24.2 Å². The summed E-state index contributed by atoms with van der Waals surface area (Å²) < 4.78 is 9.30. The molecule has 1 atom stereocenters. The highest BCUT2D eigenvalue weighted by Gasteiger charge is 2.17. The molecule has 1 heterocycles. The van der Waals surface area contributed by atoms with Crippen molar-refractivity contribution in [2.75, 3.05) is 7.11 Å². The van der Waals surface area contributed by atoms with Crippen molar-refractivity contribution < 1.29 is 13.9 Å². The zero-order chi connectivity index (χ0) is 8.27. The van der Waals surface area contributed by atoms with Gasteiger partial charge in [-0.15, -0.1) is 12.4 Å². The lowest BCUT2D eigenvalue weighted by Crippen LogP contribution is -2.21. The molecule has 0 spiro atoms. The summed E-state index contributed by atoms with van der Waals surface area (Å²) in [6.45, 7) is 0. The Hall–Kier alpha value is -1.00. The van der Waals surface area contributed by atoms with Gasteiger partial charge in [0, 0.05) is 0 Å². The molecule has 1 aromatic heterocycles. The molecule has 0 aliphatic heterocycles. The van der Waals surface area contributed by atoms with Crippen molar-refractivity contribution in [2.45, 2.75) is 6.04 Å². The number of carbonyl (C=O) groups is 1. The zero-order valence-electron chi connectivity index (χ0n) is 6.52. The van der Waals surface area contributed by atoms with Gasteiger partial charge in [-0.2, -0.15) is 0 Å². The van der Waals surface area contributed by atoms with E-state index in [0.29, 0.717) is 5.76 Å². The molecule has 0 unspecified atom stereocenters. The monoisotopic (exact) mass is 191 g/mol. The Balaban J connectivity index is 0.00000121. The molecule has 12 heavy (non-hydrogen) atoms. The predicted octanol–water partition coefficient (Wildman–Crippen LogP) is 0.874. The second kappa shape index (κ2) is 4.79. The van der Waals surface area contributed by atoms with Crippen LogP contribution in [0.5, 0.6) is 0 Å². The molecule has 0 saturated heterocycles. The van der Waals surface area contributed by atoms with Crippen LogP contribution in [0, 0.1) is 0 Å². The highest BCUT2D eigenvalue weighted by Crippen LogP contribution is 2.10. The number of hydrogen-bond acceptors (Lipinski definition) is 4. The van der Waals surface area contributed by atoms with Gasteiger partial charge in [-0.1, -0.05) is 0 Å². The summed E-state index contributed by atoms with van der Waals surface area (Å²) in [6, 6.07) is 2.48. The van der Waals surface area contributed by atoms with Crippen LogP contribution in [0.25, 0.3) is 0 Å². The Kier molecular flexibility index (Phi) is 4.39. The standard InChI is InChI=1S/C7H9NO3.ClH/c1-10-7(9)6(8)5-3-2-4-11-5;/h2-4,6H,8H2,1H3;1H/t6-;/m0./s1. The largest absolute Gasteiger partial charge is 0.468 e. The fourth-order valence-electron chi connectivity index (χ4n) is 0.711. The first kappa shape index (κ1) is 11.0. The maximum absolute atomic E-state index is 10.8. The number of furan rings is 1. The Morgan fingerprint density at radius 2 is 2.42 bits per heavy atom. The molecule has 68 valence electrons. The molecule has 5 heteroatoms. The second-order valence-electron chi connectivity index (χ2n) is 2.02. The first-order valence-corrected chi connectivity index (χ1v) is 3.12. The Bertz CT molecular complexity index is 235. The topological polar surface area (TPSA) is 65.5 Å². The smallest absolute Gasteiger partial charge is 0.330 e. The van der Waals surface area contributed by atoms with Gasteiger partial charge < -0.3 is 14.9 Å². The molecule has 0 fully saturated rings. The van der Waals surface area contributed by atoms with Gasteiger partial charge in [0.25, 0.3) is 0 Å². The van der Waals surface area contributed by atoms with E-state index in [0.717, 1.165) is 0 Å². The van der Waals surface area contributed by atoms with Crippen LogP contribution in [-0.4, -0.2) is 13.1 Å². The average molecular weight is 192 g/mol. The van der Waals surface area contributed by atoms with E-state index in [2.05, 4.69) is 4.74 Å². The van der Waals surface area contributed by atoms with Crippen molar-refractivity contribution in [3.63, 3.8) is 0 Å². The second-order valence-corrected chi connectivity index (χ2v) is 2.02. The third kappa shape index (κ3) is 2.25. The first-order chi connectivity index (χ1) is 5.25. The molecule has 1 aromatic rings. The van der Waals surface area contributed by atoms with Crippen LogP contribution < -0.4 is 5.73 Å². The molecule has 4 nitrogen and oxygen atoms in total. The molecule has 0 radical (unpaired) electrons. The van der Waals surface area contributed by atoms with Gasteiger partial charge >= 0.3 is 5.97 Å². The van der Waals surface area contributed by atoms with Crippen LogP contribution in [0.4, 0.5) is 0 Å². The SMILES string of the molecule is COC(=O)[C@@H](N)c1ccco1.Cl. The van der Waals surface area contributed by atoms with E-state index in [-0.39, 0.29) is 12.4 Å².